The number of fused-ring (bicyclic) bond motifs is 1. The van der Waals surface area contributed by atoms with Gasteiger partial charge in [-0.05, 0) is 24.3 Å². The molecule has 0 fully saturated rings. The summed E-state index contributed by atoms with van der Waals surface area (Å²) in [5.41, 5.74) is 1.79. The highest BCUT2D eigenvalue weighted by atomic mass is 16.4. The molecule has 2 nitrogen and oxygen atoms in total. The van der Waals surface area contributed by atoms with Gasteiger partial charge >= 0.3 is 5.63 Å². The lowest BCUT2D eigenvalue weighted by atomic mass is 10.1. The number of para-hydroxylation sites is 1. The Hall–Kier alpha value is -2.79. The van der Waals surface area contributed by atoms with E-state index in [1.54, 1.807) is 6.07 Å². The molecule has 90 valence electrons. The van der Waals surface area contributed by atoms with E-state index in [4.69, 9.17) is 4.42 Å². The maximum atomic E-state index is 11.5. The zero-order chi connectivity index (χ0) is 13.1. The Morgan fingerprint density at radius 2 is 1.58 bits per heavy atom. The Labute approximate surface area is 110 Å². The molecule has 3 aromatic rings. The van der Waals surface area contributed by atoms with Crippen LogP contribution in [0.15, 0.2) is 69.9 Å². The number of hydrogen-bond acceptors (Lipinski definition) is 2. The van der Waals surface area contributed by atoms with Crippen molar-refractivity contribution in [3.05, 3.63) is 82.2 Å². The topological polar surface area (TPSA) is 30.2 Å². The molecule has 0 spiro atoms. The van der Waals surface area contributed by atoms with Gasteiger partial charge in [0, 0.05) is 22.6 Å². The van der Waals surface area contributed by atoms with E-state index in [1.165, 1.54) is 6.07 Å². The summed E-state index contributed by atoms with van der Waals surface area (Å²) in [4.78, 5) is 11.5. The van der Waals surface area contributed by atoms with Crippen molar-refractivity contribution in [2.24, 2.45) is 0 Å². The van der Waals surface area contributed by atoms with Crippen LogP contribution < -0.4 is 5.63 Å². The van der Waals surface area contributed by atoms with Crippen LogP contribution in [0.1, 0.15) is 11.1 Å². The minimum Gasteiger partial charge on any atom is -0.423 e. The van der Waals surface area contributed by atoms with E-state index >= 15 is 0 Å². The van der Waals surface area contributed by atoms with E-state index in [-0.39, 0.29) is 5.63 Å². The van der Waals surface area contributed by atoms with Crippen molar-refractivity contribution in [1.29, 1.82) is 0 Å². The maximum absolute atomic E-state index is 11.5. The van der Waals surface area contributed by atoms with Gasteiger partial charge in [-0.1, -0.05) is 42.2 Å². The molecule has 2 aromatic carbocycles. The number of hydrogen-bond donors (Lipinski definition) is 0. The van der Waals surface area contributed by atoms with Crippen molar-refractivity contribution < 1.29 is 4.42 Å². The third kappa shape index (κ3) is 2.41. The molecule has 0 bridgehead atoms. The molecule has 0 amide bonds. The van der Waals surface area contributed by atoms with E-state index in [0.717, 1.165) is 10.9 Å². The van der Waals surface area contributed by atoms with Gasteiger partial charge in [0.15, 0.2) is 0 Å². The largest absolute Gasteiger partial charge is 0.423 e. The summed E-state index contributed by atoms with van der Waals surface area (Å²) in [5, 5.41) is 0.852. The SMILES string of the molecule is O=c1cc(C#Cc2ccccc2)c2ccccc2o1. The molecule has 0 saturated carbocycles. The minimum absolute atomic E-state index is 0.379. The predicted octanol–water partition coefficient (Wildman–Crippen LogP) is 3.19. The van der Waals surface area contributed by atoms with E-state index < -0.39 is 0 Å². The van der Waals surface area contributed by atoms with E-state index in [9.17, 15) is 4.79 Å². The summed E-state index contributed by atoms with van der Waals surface area (Å²) in [7, 11) is 0. The van der Waals surface area contributed by atoms with Gasteiger partial charge in [0.05, 0.1) is 0 Å². The molecule has 0 aliphatic heterocycles. The molecule has 0 aliphatic rings. The van der Waals surface area contributed by atoms with E-state index in [1.807, 2.05) is 48.5 Å². The number of benzene rings is 2. The van der Waals surface area contributed by atoms with Gasteiger partial charge < -0.3 is 4.42 Å². The van der Waals surface area contributed by atoms with Crippen LogP contribution in [0.2, 0.25) is 0 Å². The third-order valence-electron chi connectivity index (χ3n) is 2.77. The molecular weight excluding hydrogens is 236 g/mol. The molecule has 0 radical (unpaired) electrons. The molecule has 19 heavy (non-hydrogen) atoms. The summed E-state index contributed by atoms with van der Waals surface area (Å²) < 4.78 is 5.13. The number of rotatable bonds is 0. The van der Waals surface area contributed by atoms with Crippen molar-refractivity contribution in [2.45, 2.75) is 0 Å². The summed E-state index contributed by atoms with van der Waals surface area (Å²) >= 11 is 0. The lowest BCUT2D eigenvalue weighted by molar-refractivity contribution is 0.560. The highest BCUT2D eigenvalue weighted by Crippen LogP contribution is 2.15. The van der Waals surface area contributed by atoms with Gasteiger partial charge in [0.25, 0.3) is 0 Å². The summed E-state index contributed by atoms with van der Waals surface area (Å²) in [6, 6.07) is 18.5. The third-order valence-corrected chi connectivity index (χ3v) is 2.77. The zero-order valence-electron chi connectivity index (χ0n) is 10.1. The van der Waals surface area contributed by atoms with Crippen LogP contribution in [-0.4, -0.2) is 0 Å². The maximum Gasteiger partial charge on any atom is 0.337 e. The fourth-order valence-electron chi connectivity index (χ4n) is 1.88. The second kappa shape index (κ2) is 4.83. The standard InChI is InChI=1S/C17H10O2/c18-17-12-14(11-10-13-6-2-1-3-7-13)15-8-4-5-9-16(15)19-17/h1-9,12H. The quantitative estimate of drug-likeness (QED) is 0.450. The highest BCUT2D eigenvalue weighted by molar-refractivity contribution is 5.83. The van der Waals surface area contributed by atoms with Crippen LogP contribution in [0.4, 0.5) is 0 Å². The lowest BCUT2D eigenvalue weighted by Gasteiger charge is -1.97. The van der Waals surface area contributed by atoms with Gasteiger partial charge in [-0.15, -0.1) is 0 Å². The molecule has 0 atom stereocenters. The Kier molecular flexibility index (Phi) is 2.88. The molecular formula is C17H10O2. The molecule has 0 aliphatic carbocycles. The van der Waals surface area contributed by atoms with Gasteiger partial charge in [0.2, 0.25) is 0 Å². The summed E-state index contributed by atoms with van der Waals surface area (Å²) in [6.45, 7) is 0. The van der Waals surface area contributed by atoms with Crippen molar-refractivity contribution in [3.63, 3.8) is 0 Å². The van der Waals surface area contributed by atoms with Crippen molar-refractivity contribution in [3.8, 4) is 11.8 Å². The van der Waals surface area contributed by atoms with E-state index in [2.05, 4.69) is 11.8 Å². The molecule has 3 rings (SSSR count). The summed E-state index contributed by atoms with van der Waals surface area (Å²) in [5.74, 6) is 6.08. The smallest absolute Gasteiger partial charge is 0.337 e. The van der Waals surface area contributed by atoms with Crippen molar-refractivity contribution in [1.82, 2.24) is 0 Å². The van der Waals surface area contributed by atoms with Crippen molar-refractivity contribution >= 4 is 11.0 Å². The lowest BCUT2D eigenvalue weighted by Crippen LogP contribution is -1.98. The van der Waals surface area contributed by atoms with Gasteiger partial charge in [-0.3, -0.25) is 0 Å². The Morgan fingerprint density at radius 1 is 0.842 bits per heavy atom. The molecule has 1 aromatic heterocycles. The minimum atomic E-state index is -0.379. The molecule has 0 unspecified atom stereocenters. The monoisotopic (exact) mass is 246 g/mol. The first-order valence-electron chi connectivity index (χ1n) is 5.93. The Balaban J connectivity index is 2.16. The molecule has 1 heterocycles. The molecule has 2 heteroatoms. The van der Waals surface area contributed by atoms with Crippen LogP contribution in [0.5, 0.6) is 0 Å². The van der Waals surface area contributed by atoms with Gasteiger partial charge in [-0.2, -0.15) is 0 Å². The van der Waals surface area contributed by atoms with E-state index in [0.29, 0.717) is 11.1 Å². The fraction of sp³-hybridized carbons (Fsp3) is 0. The van der Waals surface area contributed by atoms with Crippen molar-refractivity contribution in [2.75, 3.05) is 0 Å². The van der Waals surface area contributed by atoms with Crippen LogP contribution in [0, 0.1) is 11.8 Å². The van der Waals surface area contributed by atoms with Crippen LogP contribution in [0.3, 0.4) is 0 Å². The molecule has 0 N–H and O–H groups in total. The van der Waals surface area contributed by atoms with Gasteiger partial charge in [0.1, 0.15) is 5.58 Å². The average molecular weight is 246 g/mol. The first kappa shape index (κ1) is 11.3. The first-order valence-corrected chi connectivity index (χ1v) is 5.93. The zero-order valence-corrected chi connectivity index (χ0v) is 10.1. The molecule has 0 saturated heterocycles. The van der Waals surface area contributed by atoms with Crippen LogP contribution >= 0.6 is 0 Å². The Morgan fingerprint density at radius 3 is 2.42 bits per heavy atom. The second-order valence-corrected chi connectivity index (χ2v) is 4.09. The predicted molar refractivity (Wildman–Crippen MR) is 74.9 cm³/mol. The average Bonchev–Trinajstić information content (AvgIpc) is 2.45. The van der Waals surface area contributed by atoms with Gasteiger partial charge in [-0.25, -0.2) is 4.79 Å². The second-order valence-electron chi connectivity index (χ2n) is 4.09. The van der Waals surface area contributed by atoms with Crippen LogP contribution in [0.25, 0.3) is 11.0 Å². The fourth-order valence-corrected chi connectivity index (χ4v) is 1.88. The first-order chi connectivity index (χ1) is 9.33. The Bertz CT molecular complexity index is 834. The normalized spacial score (nSPS) is 9.89. The van der Waals surface area contributed by atoms with Crippen LogP contribution in [-0.2, 0) is 0 Å². The highest BCUT2D eigenvalue weighted by Gasteiger charge is 2.01. The summed E-state index contributed by atoms with van der Waals surface area (Å²) in [6.07, 6.45) is 0.